The van der Waals surface area contributed by atoms with Gasteiger partial charge in [-0.05, 0) is 62.4 Å². The lowest BCUT2D eigenvalue weighted by Gasteiger charge is -2.45. The van der Waals surface area contributed by atoms with Gasteiger partial charge in [0.1, 0.15) is 0 Å². The molecule has 2 bridgehead atoms. The number of hydrogen-bond acceptors (Lipinski definition) is 2. The highest BCUT2D eigenvalue weighted by Crippen LogP contribution is 2.27. The first-order valence-corrected chi connectivity index (χ1v) is 7.80. The van der Waals surface area contributed by atoms with Crippen LogP contribution in [0.2, 0.25) is 0 Å². The number of piperidine rings is 3. The van der Waals surface area contributed by atoms with Gasteiger partial charge in [0.05, 0.1) is 0 Å². The Balaban J connectivity index is 0.00000161. The van der Waals surface area contributed by atoms with Crippen molar-refractivity contribution in [3.63, 3.8) is 0 Å². The van der Waals surface area contributed by atoms with Gasteiger partial charge in [0.25, 0.3) is 5.91 Å². The average molecular weight is 309 g/mol. The lowest BCUT2D eigenvalue weighted by molar-refractivity contribution is 0.0620. The molecule has 1 aromatic carbocycles. The highest BCUT2D eigenvalue weighted by Gasteiger charge is 2.35. The van der Waals surface area contributed by atoms with Crippen LogP contribution in [-0.4, -0.2) is 36.5 Å². The number of carbonyl (C=O) groups excluding carboxylic acids is 1. The van der Waals surface area contributed by atoms with Gasteiger partial charge in [0, 0.05) is 18.2 Å². The van der Waals surface area contributed by atoms with E-state index >= 15 is 0 Å². The second-order valence-electron chi connectivity index (χ2n) is 6.16. The number of amides is 1. The lowest BCUT2D eigenvalue weighted by Crippen LogP contribution is -2.57. The van der Waals surface area contributed by atoms with Gasteiger partial charge in [-0.2, -0.15) is 0 Å². The molecule has 0 aliphatic carbocycles. The summed E-state index contributed by atoms with van der Waals surface area (Å²) in [5.74, 6) is 0.787. The third-order valence-electron chi connectivity index (χ3n) is 5.04. The Morgan fingerprint density at radius 2 is 2.05 bits per heavy atom. The summed E-state index contributed by atoms with van der Waals surface area (Å²) in [6, 6.07) is 6.40. The van der Waals surface area contributed by atoms with Gasteiger partial charge in [0.2, 0.25) is 0 Å². The highest BCUT2D eigenvalue weighted by atomic mass is 35.5. The predicted octanol–water partition coefficient (Wildman–Crippen LogP) is 2.80. The van der Waals surface area contributed by atoms with Gasteiger partial charge >= 0.3 is 0 Å². The van der Waals surface area contributed by atoms with Crippen molar-refractivity contribution in [3.8, 4) is 0 Å². The third-order valence-corrected chi connectivity index (χ3v) is 5.04. The quantitative estimate of drug-likeness (QED) is 0.931. The first-order chi connectivity index (χ1) is 9.69. The largest absolute Gasteiger partial charge is 0.348 e. The second kappa shape index (κ2) is 6.80. The summed E-state index contributed by atoms with van der Waals surface area (Å²) in [6.45, 7) is 7.65. The highest BCUT2D eigenvalue weighted by molar-refractivity contribution is 5.96. The Hall–Kier alpha value is -1.06. The first-order valence-electron chi connectivity index (χ1n) is 7.80. The SMILES string of the molecule is CCc1cccc(C(=O)N[C@@H]2CN3CCC2CC3)c1C.Cl. The van der Waals surface area contributed by atoms with E-state index < -0.39 is 0 Å². The summed E-state index contributed by atoms with van der Waals surface area (Å²) in [6.07, 6.45) is 3.45. The number of rotatable bonds is 3. The molecule has 3 heterocycles. The van der Waals surface area contributed by atoms with E-state index in [1.54, 1.807) is 0 Å². The number of aryl methyl sites for hydroxylation is 1. The lowest BCUT2D eigenvalue weighted by atomic mass is 9.84. The van der Waals surface area contributed by atoms with Crippen molar-refractivity contribution >= 4 is 18.3 Å². The number of nitrogens with one attached hydrogen (secondary N) is 1. The van der Waals surface area contributed by atoms with E-state index in [0.29, 0.717) is 12.0 Å². The molecule has 3 aliphatic heterocycles. The molecule has 0 aromatic heterocycles. The van der Waals surface area contributed by atoms with Gasteiger partial charge in [0.15, 0.2) is 0 Å². The van der Waals surface area contributed by atoms with Crippen LogP contribution in [-0.2, 0) is 6.42 Å². The topological polar surface area (TPSA) is 32.3 Å². The van der Waals surface area contributed by atoms with Gasteiger partial charge in [-0.3, -0.25) is 4.79 Å². The minimum absolute atomic E-state index is 0. The maximum Gasteiger partial charge on any atom is 0.251 e. The Kier molecular flexibility index (Phi) is 5.28. The smallest absolute Gasteiger partial charge is 0.251 e. The van der Waals surface area contributed by atoms with Crippen LogP contribution in [0.5, 0.6) is 0 Å². The Bertz CT molecular complexity index is 510. The summed E-state index contributed by atoms with van der Waals surface area (Å²) in [4.78, 5) is 15.0. The molecule has 1 atom stereocenters. The third kappa shape index (κ3) is 3.24. The van der Waals surface area contributed by atoms with Crippen LogP contribution in [0.3, 0.4) is 0 Å². The summed E-state index contributed by atoms with van der Waals surface area (Å²) >= 11 is 0. The van der Waals surface area contributed by atoms with Gasteiger partial charge in [-0.15, -0.1) is 12.4 Å². The number of carbonyl (C=O) groups is 1. The zero-order valence-corrected chi connectivity index (χ0v) is 13.7. The minimum Gasteiger partial charge on any atom is -0.348 e. The molecule has 1 aromatic rings. The van der Waals surface area contributed by atoms with Crippen molar-refractivity contribution in [1.82, 2.24) is 10.2 Å². The molecular formula is C17H25ClN2O. The maximum atomic E-state index is 12.5. The molecule has 0 unspecified atom stereocenters. The van der Waals surface area contributed by atoms with E-state index in [-0.39, 0.29) is 18.3 Å². The van der Waals surface area contributed by atoms with Crippen LogP contribution in [0.1, 0.15) is 41.3 Å². The minimum atomic E-state index is 0. The summed E-state index contributed by atoms with van der Waals surface area (Å²) < 4.78 is 0. The van der Waals surface area contributed by atoms with E-state index in [9.17, 15) is 4.79 Å². The molecule has 21 heavy (non-hydrogen) atoms. The molecule has 0 saturated carbocycles. The van der Waals surface area contributed by atoms with Crippen LogP contribution >= 0.6 is 12.4 Å². The predicted molar refractivity (Wildman–Crippen MR) is 88.2 cm³/mol. The summed E-state index contributed by atoms with van der Waals surface area (Å²) in [5, 5.41) is 3.28. The number of nitrogens with zero attached hydrogens (tertiary/aromatic N) is 1. The summed E-state index contributed by atoms with van der Waals surface area (Å²) in [7, 11) is 0. The molecule has 3 saturated heterocycles. The van der Waals surface area contributed by atoms with Crippen LogP contribution in [0.25, 0.3) is 0 Å². The van der Waals surface area contributed by atoms with Crippen LogP contribution in [0.4, 0.5) is 0 Å². The van der Waals surface area contributed by atoms with Gasteiger partial charge < -0.3 is 10.2 Å². The zero-order chi connectivity index (χ0) is 14.1. The average Bonchev–Trinajstić information content (AvgIpc) is 2.48. The van der Waals surface area contributed by atoms with E-state index in [2.05, 4.69) is 30.1 Å². The molecule has 3 aliphatic rings. The van der Waals surface area contributed by atoms with Gasteiger partial charge in [-0.1, -0.05) is 19.1 Å². The fourth-order valence-corrected chi connectivity index (χ4v) is 3.69. The number of halogens is 1. The molecule has 4 rings (SSSR count). The number of benzene rings is 1. The van der Waals surface area contributed by atoms with Crippen molar-refractivity contribution in [1.29, 1.82) is 0 Å². The normalized spacial score (nSPS) is 27.0. The molecule has 0 radical (unpaired) electrons. The number of hydrogen-bond donors (Lipinski definition) is 1. The van der Waals surface area contributed by atoms with Gasteiger partial charge in [-0.25, -0.2) is 0 Å². The monoisotopic (exact) mass is 308 g/mol. The van der Waals surface area contributed by atoms with E-state index in [0.717, 1.165) is 24.1 Å². The first kappa shape index (κ1) is 16.3. The molecule has 1 N–H and O–H groups in total. The molecular weight excluding hydrogens is 284 g/mol. The van der Waals surface area contributed by atoms with E-state index in [1.807, 2.05) is 12.1 Å². The molecule has 3 fully saturated rings. The Labute approximate surface area is 133 Å². The summed E-state index contributed by atoms with van der Waals surface area (Å²) in [5.41, 5.74) is 3.25. The van der Waals surface area contributed by atoms with Crippen molar-refractivity contribution in [2.24, 2.45) is 5.92 Å². The zero-order valence-electron chi connectivity index (χ0n) is 12.9. The van der Waals surface area contributed by atoms with Crippen LogP contribution in [0, 0.1) is 12.8 Å². The van der Waals surface area contributed by atoms with Crippen molar-refractivity contribution in [2.45, 2.75) is 39.2 Å². The van der Waals surface area contributed by atoms with Crippen LogP contribution in [0.15, 0.2) is 18.2 Å². The fraction of sp³-hybridized carbons (Fsp3) is 0.588. The molecule has 1 amide bonds. The van der Waals surface area contributed by atoms with Crippen molar-refractivity contribution in [3.05, 3.63) is 34.9 Å². The van der Waals surface area contributed by atoms with Crippen LogP contribution < -0.4 is 5.32 Å². The van der Waals surface area contributed by atoms with E-state index in [4.69, 9.17) is 0 Å². The molecule has 4 heteroatoms. The molecule has 116 valence electrons. The van der Waals surface area contributed by atoms with Crippen molar-refractivity contribution in [2.75, 3.05) is 19.6 Å². The van der Waals surface area contributed by atoms with E-state index in [1.165, 1.54) is 31.5 Å². The molecule has 0 spiro atoms. The Morgan fingerprint density at radius 3 is 2.62 bits per heavy atom. The maximum absolute atomic E-state index is 12.5. The standard InChI is InChI=1S/C17H24N2O.ClH/c1-3-13-5-4-6-15(12(13)2)17(20)18-16-11-19-9-7-14(16)8-10-19;/h4-6,14,16H,3,7-11H2,1-2H3,(H,18,20);1H/t16-;/m1./s1. The van der Waals surface area contributed by atoms with Crippen molar-refractivity contribution < 1.29 is 4.79 Å². The Morgan fingerprint density at radius 1 is 1.33 bits per heavy atom. The molecule has 3 nitrogen and oxygen atoms in total. The number of fused-ring (bicyclic) bond motifs is 3. The second-order valence-corrected chi connectivity index (χ2v) is 6.16. The fourth-order valence-electron chi connectivity index (χ4n) is 3.69.